The molecule has 0 fully saturated rings. The lowest BCUT2D eigenvalue weighted by Gasteiger charge is -2.29. The third-order valence-corrected chi connectivity index (χ3v) is 4.28. The van der Waals surface area contributed by atoms with Crippen LogP contribution in [-0.4, -0.2) is 19.8 Å². The molecule has 2 aromatic carbocycles. The fourth-order valence-corrected chi connectivity index (χ4v) is 3.28. The van der Waals surface area contributed by atoms with Crippen molar-refractivity contribution in [2.24, 2.45) is 0 Å². The molecule has 0 saturated carbocycles. The van der Waals surface area contributed by atoms with Crippen LogP contribution in [0.4, 0.5) is 0 Å². The molecular weight excluding hydrogens is 310 g/mol. The van der Waals surface area contributed by atoms with Crippen LogP contribution in [0.25, 0.3) is 0 Å². The molecular formula is C19H22ClNO2. The van der Waals surface area contributed by atoms with Crippen molar-refractivity contribution in [3.63, 3.8) is 0 Å². The van der Waals surface area contributed by atoms with E-state index in [1.807, 2.05) is 32.0 Å². The molecule has 0 aliphatic carbocycles. The predicted molar refractivity (Wildman–Crippen MR) is 93.8 cm³/mol. The van der Waals surface area contributed by atoms with Crippen molar-refractivity contribution in [3.05, 3.63) is 58.1 Å². The molecule has 1 heterocycles. The SMILES string of the molecule is CCOc1cc2c(cc1OCC)[C@@H](c1cccc(Cl)c1)NCC2. The van der Waals surface area contributed by atoms with Gasteiger partial charge in [-0.3, -0.25) is 0 Å². The van der Waals surface area contributed by atoms with E-state index in [9.17, 15) is 0 Å². The number of halogens is 1. The van der Waals surface area contributed by atoms with Gasteiger partial charge >= 0.3 is 0 Å². The standard InChI is InChI=1S/C19H22ClNO2/c1-3-22-17-11-13-8-9-21-19(14-6-5-7-15(20)10-14)16(13)12-18(17)23-4-2/h5-7,10-12,19,21H,3-4,8-9H2,1-2H3/t19-/m1/s1. The fourth-order valence-electron chi connectivity index (χ4n) is 3.08. The van der Waals surface area contributed by atoms with E-state index in [0.717, 1.165) is 29.5 Å². The Bertz CT molecular complexity index is 687. The summed E-state index contributed by atoms with van der Waals surface area (Å²) in [6.45, 7) is 6.17. The average Bonchev–Trinajstić information content (AvgIpc) is 2.55. The summed E-state index contributed by atoms with van der Waals surface area (Å²) in [5.41, 5.74) is 3.72. The van der Waals surface area contributed by atoms with E-state index in [2.05, 4.69) is 23.5 Å². The van der Waals surface area contributed by atoms with Crippen molar-refractivity contribution in [2.45, 2.75) is 26.3 Å². The highest BCUT2D eigenvalue weighted by Gasteiger charge is 2.24. The van der Waals surface area contributed by atoms with Gasteiger partial charge in [-0.25, -0.2) is 0 Å². The van der Waals surface area contributed by atoms with E-state index >= 15 is 0 Å². The van der Waals surface area contributed by atoms with Crippen LogP contribution in [-0.2, 0) is 6.42 Å². The number of hydrogen-bond donors (Lipinski definition) is 1. The van der Waals surface area contributed by atoms with Gasteiger partial charge in [-0.2, -0.15) is 0 Å². The summed E-state index contributed by atoms with van der Waals surface area (Å²) >= 11 is 6.17. The third-order valence-electron chi connectivity index (χ3n) is 4.04. The van der Waals surface area contributed by atoms with E-state index in [1.165, 1.54) is 16.7 Å². The zero-order valence-corrected chi connectivity index (χ0v) is 14.3. The molecule has 2 aromatic rings. The van der Waals surface area contributed by atoms with Gasteiger partial charge < -0.3 is 14.8 Å². The van der Waals surface area contributed by atoms with Crippen LogP contribution in [0.1, 0.15) is 36.6 Å². The van der Waals surface area contributed by atoms with E-state index < -0.39 is 0 Å². The maximum atomic E-state index is 6.17. The minimum Gasteiger partial charge on any atom is -0.490 e. The Morgan fingerprint density at radius 1 is 1.09 bits per heavy atom. The van der Waals surface area contributed by atoms with Gasteiger partial charge in [0.1, 0.15) is 0 Å². The van der Waals surface area contributed by atoms with Crippen molar-refractivity contribution in [1.29, 1.82) is 0 Å². The molecule has 122 valence electrons. The molecule has 0 radical (unpaired) electrons. The van der Waals surface area contributed by atoms with Crippen LogP contribution < -0.4 is 14.8 Å². The van der Waals surface area contributed by atoms with Crippen LogP contribution >= 0.6 is 11.6 Å². The first kappa shape index (κ1) is 16.2. The molecule has 0 aromatic heterocycles. The number of ether oxygens (including phenoxy) is 2. The van der Waals surface area contributed by atoms with Crippen LogP contribution in [0.3, 0.4) is 0 Å². The summed E-state index contributed by atoms with van der Waals surface area (Å²) in [6, 6.07) is 12.4. The summed E-state index contributed by atoms with van der Waals surface area (Å²) in [5.74, 6) is 1.64. The normalized spacial score (nSPS) is 16.7. The van der Waals surface area contributed by atoms with Gasteiger partial charge in [0.15, 0.2) is 11.5 Å². The zero-order valence-electron chi connectivity index (χ0n) is 13.6. The van der Waals surface area contributed by atoms with Crippen LogP contribution in [0, 0.1) is 0 Å². The van der Waals surface area contributed by atoms with Crippen LogP contribution in [0.5, 0.6) is 11.5 Å². The summed E-state index contributed by atoms with van der Waals surface area (Å²) in [5, 5.41) is 4.34. The third kappa shape index (κ3) is 3.46. The molecule has 0 amide bonds. The highest BCUT2D eigenvalue weighted by Crippen LogP contribution is 2.38. The highest BCUT2D eigenvalue weighted by molar-refractivity contribution is 6.30. The van der Waals surface area contributed by atoms with Crippen molar-refractivity contribution >= 4 is 11.6 Å². The molecule has 3 rings (SSSR count). The second-order valence-electron chi connectivity index (χ2n) is 5.56. The number of fused-ring (bicyclic) bond motifs is 1. The van der Waals surface area contributed by atoms with Crippen molar-refractivity contribution in [1.82, 2.24) is 5.32 Å². The number of hydrogen-bond acceptors (Lipinski definition) is 3. The Balaban J connectivity index is 2.05. The topological polar surface area (TPSA) is 30.5 Å². The Hall–Kier alpha value is -1.71. The first-order chi connectivity index (χ1) is 11.2. The van der Waals surface area contributed by atoms with Gasteiger partial charge in [0.2, 0.25) is 0 Å². The molecule has 0 spiro atoms. The fraction of sp³-hybridized carbons (Fsp3) is 0.368. The van der Waals surface area contributed by atoms with Gasteiger partial charge in [-0.05, 0) is 61.2 Å². The number of benzene rings is 2. The molecule has 0 bridgehead atoms. The van der Waals surface area contributed by atoms with Crippen LogP contribution in [0.2, 0.25) is 5.02 Å². The summed E-state index contributed by atoms with van der Waals surface area (Å²) in [4.78, 5) is 0. The van der Waals surface area contributed by atoms with Crippen molar-refractivity contribution < 1.29 is 9.47 Å². The quantitative estimate of drug-likeness (QED) is 0.882. The average molecular weight is 332 g/mol. The van der Waals surface area contributed by atoms with Gasteiger partial charge in [0, 0.05) is 11.6 Å². The lowest BCUT2D eigenvalue weighted by Crippen LogP contribution is -2.30. The molecule has 3 nitrogen and oxygen atoms in total. The monoisotopic (exact) mass is 331 g/mol. The second kappa shape index (κ2) is 7.24. The minimum atomic E-state index is 0.132. The molecule has 1 N–H and O–H groups in total. The highest BCUT2D eigenvalue weighted by atomic mass is 35.5. The smallest absolute Gasteiger partial charge is 0.161 e. The number of nitrogens with one attached hydrogen (secondary N) is 1. The van der Waals surface area contributed by atoms with Gasteiger partial charge in [0.25, 0.3) is 0 Å². The van der Waals surface area contributed by atoms with Crippen molar-refractivity contribution in [3.8, 4) is 11.5 Å². The minimum absolute atomic E-state index is 0.132. The Labute approximate surface area is 142 Å². The van der Waals surface area contributed by atoms with Gasteiger partial charge in [0.05, 0.1) is 19.3 Å². The van der Waals surface area contributed by atoms with Gasteiger partial charge in [-0.15, -0.1) is 0 Å². The van der Waals surface area contributed by atoms with E-state index in [-0.39, 0.29) is 6.04 Å². The molecule has 4 heteroatoms. The molecule has 23 heavy (non-hydrogen) atoms. The largest absolute Gasteiger partial charge is 0.490 e. The lowest BCUT2D eigenvalue weighted by molar-refractivity contribution is 0.286. The lowest BCUT2D eigenvalue weighted by atomic mass is 9.89. The maximum absolute atomic E-state index is 6.17. The summed E-state index contributed by atoms with van der Waals surface area (Å²) < 4.78 is 11.5. The first-order valence-electron chi connectivity index (χ1n) is 8.14. The Morgan fingerprint density at radius 3 is 2.52 bits per heavy atom. The summed E-state index contributed by atoms with van der Waals surface area (Å²) in [6.07, 6.45) is 0.985. The van der Waals surface area contributed by atoms with Crippen LogP contribution in [0.15, 0.2) is 36.4 Å². The maximum Gasteiger partial charge on any atom is 0.161 e. The van der Waals surface area contributed by atoms with E-state index in [1.54, 1.807) is 0 Å². The van der Waals surface area contributed by atoms with Gasteiger partial charge in [-0.1, -0.05) is 23.7 Å². The first-order valence-corrected chi connectivity index (χ1v) is 8.52. The molecule has 1 atom stereocenters. The molecule has 0 unspecified atom stereocenters. The number of rotatable bonds is 5. The van der Waals surface area contributed by atoms with E-state index in [0.29, 0.717) is 13.2 Å². The molecule has 1 aliphatic rings. The zero-order chi connectivity index (χ0) is 16.2. The molecule has 0 saturated heterocycles. The predicted octanol–water partition coefficient (Wildman–Crippen LogP) is 4.37. The summed E-state index contributed by atoms with van der Waals surface area (Å²) in [7, 11) is 0. The van der Waals surface area contributed by atoms with E-state index in [4.69, 9.17) is 21.1 Å². The second-order valence-corrected chi connectivity index (χ2v) is 5.99. The van der Waals surface area contributed by atoms with Crippen molar-refractivity contribution in [2.75, 3.05) is 19.8 Å². The molecule has 1 aliphatic heterocycles. The Kier molecular flexibility index (Phi) is 5.09. The Morgan fingerprint density at radius 2 is 1.83 bits per heavy atom.